The molecular formula is C13H17Br. The van der Waals surface area contributed by atoms with Gasteiger partial charge in [0, 0.05) is 4.47 Å². The van der Waals surface area contributed by atoms with Gasteiger partial charge in [0.15, 0.2) is 0 Å². The zero-order valence-electron chi connectivity index (χ0n) is 8.67. The van der Waals surface area contributed by atoms with Crippen LogP contribution in [-0.2, 0) is 6.42 Å². The Morgan fingerprint density at radius 3 is 2.36 bits per heavy atom. The Morgan fingerprint density at radius 1 is 1.07 bits per heavy atom. The minimum absolute atomic E-state index is 1.15. The van der Waals surface area contributed by atoms with Crippen molar-refractivity contribution >= 4 is 15.9 Å². The maximum Gasteiger partial charge on any atom is 0.0175 e. The van der Waals surface area contributed by atoms with E-state index in [2.05, 4.69) is 59.3 Å². The molecule has 0 radical (unpaired) electrons. The first-order chi connectivity index (χ1) is 6.83. The maximum absolute atomic E-state index is 3.43. The molecule has 1 heteroatoms. The Kier molecular flexibility index (Phi) is 5.62. The van der Waals surface area contributed by atoms with Gasteiger partial charge in [0.2, 0.25) is 0 Å². The highest BCUT2D eigenvalue weighted by Gasteiger charge is 1.90. The number of halogens is 1. The molecule has 0 unspecified atom stereocenters. The van der Waals surface area contributed by atoms with E-state index in [1.165, 1.54) is 18.4 Å². The summed E-state index contributed by atoms with van der Waals surface area (Å²) >= 11 is 3.43. The molecule has 0 N–H and O–H groups in total. The van der Waals surface area contributed by atoms with Crippen LogP contribution in [0, 0.1) is 0 Å². The van der Waals surface area contributed by atoms with Crippen molar-refractivity contribution < 1.29 is 0 Å². The first-order valence-corrected chi connectivity index (χ1v) is 6.01. The number of aryl methyl sites for hydroxylation is 1. The maximum atomic E-state index is 3.43. The molecule has 0 saturated heterocycles. The molecular weight excluding hydrogens is 236 g/mol. The van der Waals surface area contributed by atoms with Crippen molar-refractivity contribution in [2.75, 3.05) is 0 Å². The molecule has 0 aliphatic carbocycles. The third kappa shape index (κ3) is 4.61. The summed E-state index contributed by atoms with van der Waals surface area (Å²) in [5, 5.41) is 0. The Bertz CT molecular complexity index is 272. The predicted octanol–water partition coefficient (Wildman–Crippen LogP) is 4.74. The molecule has 1 aromatic carbocycles. The molecule has 0 heterocycles. The van der Waals surface area contributed by atoms with Crippen LogP contribution in [0.15, 0.2) is 40.9 Å². The largest absolute Gasteiger partial charge is 0.0885 e. The van der Waals surface area contributed by atoms with Crippen molar-refractivity contribution in [2.24, 2.45) is 0 Å². The van der Waals surface area contributed by atoms with Crippen LogP contribution in [0.5, 0.6) is 0 Å². The van der Waals surface area contributed by atoms with Crippen molar-refractivity contribution in [3.63, 3.8) is 0 Å². The van der Waals surface area contributed by atoms with Crippen LogP contribution < -0.4 is 0 Å². The van der Waals surface area contributed by atoms with Crippen LogP contribution in [0.2, 0.25) is 0 Å². The van der Waals surface area contributed by atoms with Gasteiger partial charge in [0.1, 0.15) is 0 Å². The highest BCUT2D eigenvalue weighted by Crippen LogP contribution is 2.11. The third-order valence-corrected chi connectivity index (χ3v) is 2.66. The molecule has 0 nitrogen and oxygen atoms in total. The minimum Gasteiger partial charge on any atom is -0.0885 e. The van der Waals surface area contributed by atoms with E-state index >= 15 is 0 Å². The fraction of sp³-hybridized carbons (Fsp3) is 0.385. The zero-order valence-corrected chi connectivity index (χ0v) is 10.3. The number of hydrogen-bond acceptors (Lipinski definition) is 0. The number of benzene rings is 1. The van der Waals surface area contributed by atoms with Crippen molar-refractivity contribution in [3.8, 4) is 0 Å². The molecule has 0 spiro atoms. The number of rotatable bonds is 5. The smallest absolute Gasteiger partial charge is 0.0175 e. The second-order valence-corrected chi connectivity index (χ2v) is 4.34. The lowest BCUT2D eigenvalue weighted by Crippen LogP contribution is -1.81. The SMILES string of the molecule is CCCC=CCCc1ccc(Br)cc1. The lowest BCUT2D eigenvalue weighted by atomic mass is 10.1. The Morgan fingerprint density at radius 2 is 1.71 bits per heavy atom. The van der Waals surface area contributed by atoms with E-state index < -0.39 is 0 Å². The van der Waals surface area contributed by atoms with Crippen LogP contribution in [-0.4, -0.2) is 0 Å². The average molecular weight is 253 g/mol. The van der Waals surface area contributed by atoms with Crippen molar-refractivity contribution in [1.29, 1.82) is 0 Å². The van der Waals surface area contributed by atoms with Gasteiger partial charge < -0.3 is 0 Å². The van der Waals surface area contributed by atoms with Crippen LogP contribution in [0.3, 0.4) is 0 Å². The van der Waals surface area contributed by atoms with E-state index in [9.17, 15) is 0 Å². The molecule has 76 valence electrons. The van der Waals surface area contributed by atoms with E-state index in [0.717, 1.165) is 17.3 Å². The van der Waals surface area contributed by atoms with Crippen molar-refractivity contribution in [1.82, 2.24) is 0 Å². The highest BCUT2D eigenvalue weighted by atomic mass is 79.9. The number of unbranched alkanes of at least 4 members (excludes halogenated alkanes) is 1. The van der Waals surface area contributed by atoms with Gasteiger partial charge in [-0.2, -0.15) is 0 Å². The second-order valence-electron chi connectivity index (χ2n) is 3.43. The summed E-state index contributed by atoms with van der Waals surface area (Å²) in [7, 11) is 0. The van der Waals surface area contributed by atoms with E-state index in [-0.39, 0.29) is 0 Å². The molecule has 0 aliphatic rings. The number of hydrogen-bond donors (Lipinski definition) is 0. The fourth-order valence-corrected chi connectivity index (χ4v) is 1.57. The topological polar surface area (TPSA) is 0 Å². The molecule has 1 aromatic rings. The van der Waals surface area contributed by atoms with Gasteiger partial charge in [-0.3, -0.25) is 0 Å². The quantitative estimate of drug-likeness (QED) is 0.665. The van der Waals surface area contributed by atoms with E-state index in [4.69, 9.17) is 0 Å². The molecule has 0 saturated carbocycles. The van der Waals surface area contributed by atoms with Gasteiger partial charge in [0.05, 0.1) is 0 Å². The molecule has 1 rings (SSSR count). The first-order valence-electron chi connectivity index (χ1n) is 5.22. The Hall–Kier alpha value is -0.560. The first kappa shape index (κ1) is 11.5. The highest BCUT2D eigenvalue weighted by molar-refractivity contribution is 9.10. The normalized spacial score (nSPS) is 11.0. The van der Waals surface area contributed by atoms with Gasteiger partial charge in [0.25, 0.3) is 0 Å². The Labute approximate surface area is 95.2 Å². The van der Waals surface area contributed by atoms with E-state index in [0.29, 0.717) is 0 Å². The van der Waals surface area contributed by atoms with Crippen LogP contribution in [0.25, 0.3) is 0 Å². The van der Waals surface area contributed by atoms with Crippen LogP contribution in [0.4, 0.5) is 0 Å². The molecule has 0 amide bonds. The van der Waals surface area contributed by atoms with Gasteiger partial charge >= 0.3 is 0 Å². The lowest BCUT2D eigenvalue weighted by Gasteiger charge is -1.97. The zero-order chi connectivity index (χ0) is 10.2. The van der Waals surface area contributed by atoms with Crippen molar-refractivity contribution in [3.05, 3.63) is 46.5 Å². The molecule has 0 bridgehead atoms. The summed E-state index contributed by atoms with van der Waals surface area (Å²) in [5.74, 6) is 0. The van der Waals surface area contributed by atoms with Crippen LogP contribution >= 0.6 is 15.9 Å². The summed E-state index contributed by atoms with van der Waals surface area (Å²) in [5.41, 5.74) is 1.41. The molecule has 14 heavy (non-hydrogen) atoms. The molecule has 0 atom stereocenters. The summed E-state index contributed by atoms with van der Waals surface area (Å²) < 4.78 is 1.16. The monoisotopic (exact) mass is 252 g/mol. The van der Waals surface area contributed by atoms with E-state index in [1.807, 2.05) is 0 Å². The van der Waals surface area contributed by atoms with Crippen molar-refractivity contribution in [2.45, 2.75) is 32.6 Å². The summed E-state index contributed by atoms with van der Waals surface area (Å²) in [6.45, 7) is 2.21. The summed E-state index contributed by atoms with van der Waals surface area (Å²) in [6, 6.07) is 8.56. The van der Waals surface area contributed by atoms with Gasteiger partial charge in [-0.25, -0.2) is 0 Å². The number of allylic oxidation sites excluding steroid dienone is 2. The summed E-state index contributed by atoms with van der Waals surface area (Å²) in [6.07, 6.45) is 9.31. The minimum atomic E-state index is 1.15. The van der Waals surface area contributed by atoms with E-state index in [1.54, 1.807) is 0 Å². The molecule has 0 aliphatic heterocycles. The van der Waals surface area contributed by atoms with Gasteiger partial charge in [-0.15, -0.1) is 0 Å². The molecule has 0 fully saturated rings. The Balaban J connectivity index is 2.28. The second kappa shape index (κ2) is 6.83. The van der Waals surface area contributed by atoms with Crippen LogP contribution in [0.1, 0.15) is 31.7 Å². The summed E-state index contributed by atoms with van der Waals surface area (Å²) in [4.78, 5) is 0. The average Bonchev–Trinajstić information content (AvgIpc) is 2.21. The van der Waals surface area contributed by atoms with Gasteiger partial charge in [-0.05, 0) is 37.0 Å². The van der Waals surface area contributed by atoms with Gasteiger partial charge in [-0.1, -0.05) is 53.6 Å². The lowest BCUT2D eigenvalue weighted by molar-refractivity contribution is 0.936. The predicted molar refractivity (Wildman–Crippen MR) is 66.5 cm³/mol. The third-order valence-electron chi connectivity index (χ3n) is 2.13. The standard InChI is InChI=1S/C13H17Br/c1-2-3-4-5-6-7-12-8-10-13(14)11-9-12/h4-5,8-11H,2-3,6-7H2,1H3. The fourth-order valence-electron chi connectivity index (χ4n) is 1.30. The molecule has 0 aromatic heterocycles.